The average molecular weight is 398 g/mol. The summed E-state index contributed by atoms with van der Waals surface area (Å²) < 4.78 is 56.1. The van der Waals surface area contributed by atoms with E-state index in [9.17, 15) is 27.3 Å². The van der Waals surface area contributed by atoms with Crippen molar-refractivity contribution in [3.63, 3.8) is 0 Å². The van der Waals surface area contributed by atoms with E-state index in [4.69, 9.17) is 4.74 Å². The molecule has 0 radical (unpaired) electrons. The molecule has 1 heterocycles. The van der Waals surface area contributed by atoms with Crippen molar-refractivity contribution in [3.8, 4) is 0 Å². The quantitative estimate of drug-likeness (QED) is 0.581. The van der Waals surface area contributed by atoms with E-state index in [0.29, 0.717) is 5.56 Å². The Labute approximate surface area is 154 Å². The van der Waals surface area contributed by atoms with Crippen molar-refractivity contribution in [2.75, 3.05) is 30.9 Å². The number of morpholine rings is 1. The molecule has 144 valence electrons. The average Bonchev–Trinajstić information content (AvgIpc) is 2.62. The number of hydrogen-bond donors (Lipinski definition) is 0. The summed E-state index contributed by atoms with van der Waals surface area (Å²) in [6, 6.07) is 7.46. The molecule has 27 heavy (non-hydrogen) atoms. The van der Waals surface area contributed by atoms with Crippen LogP contribution in [0, 0.1) is 21.7 Å². The molecule has 0 aromatic heterocycles. The van der Waals surface area contributed by atoms with Gasteiger partial charge in [-0.2, -0.15) is 0 Å². The first-order chi connectivity index (χ1) is 12.7. The van der Waals surface area contributed by atoms with Crippen LogP contribution in [0.15, 0.2) is 41.3 Å². The van der Waals surface area contributed by atoms with Crippen molar-refractivity contribution in [3.05, 3.63) is 63.7 Å². The van der Waals surface area contributed by atoms with Crippen LogP contribution in [-0.4, -0.2) is 39.3 Å². The highest BCUT2D eigenvalue weighted by atomic mass is 32.2. The number of halogens is 2. The predicted octanol–water partition coefficient (Wildman–Crippen LogP) is 2.85. The van der Waals surface area contributed by atoms with Crippen molar-refractivity contribution < 1.29 is 26.9 Å². The third-order valence-corrected chi connectivity index (χ3v) is 5.41. The van der Waals surface area contributed by atoms with Gasteiger partial charge < -0.3 is 9.64 Å². The smallest absolute Gasteiger partial charge is 0.311 e. The first kappa shape index (κ1) is 19.2. The maximum Gasteiger partial charge on any atom is 0.311 e. The minimum atomic E-state index is -3.81. The molecule has 0 amide bonds. The zero-order chi connectivity index (χ0) is 19.8. The molecule has 1 aliphatic rings. The molecule has 1 aliphatic heterocycles. The van der Waals surface area contributed by atoms with Crippen LogP contribution in [0.1, 0.15) is 11.7 Å². The molecule has 7 nitrogen and oxygen atoms in total. The Morgan fingerprint density at radius 2 is 1.96 bits per heavy atom. The number of nitro benzene ring substituents is 1. The lowest BCUT2D eigenvalue weighted by Crippen LogP contribution is -2.38. The fourth-order valence-corrected chi connectivity index (χ4v) is 3.89. The lowest BCUT2D eigenvalue weighted by Gasteiger charge is -2.34. The zero-order valence-electron chi connectivity index (χ0n) is 14.3. The van der Waals surface area contributed by atoms with Gasteiger partial charge >= 0.3 is 5.69 Å². The van der Waals surface area contributed by atoms with Crippen LogP contribution in [0.2, 0.25) is 0 Å². The number of sulfone groups is 1. The highest BCUT2D eigenvalue weighted by Gasteiger charge is 2.32. The van der Waals surface area contributed by atoms with E-state index >= 15 is 0 Å². The molecule has 1 saturated heterocycles. The van der Waals surface area contributed by atoms with Gasteiger partial charge in [0.05, 0.1) is 11.5 Å². The van der Waals surface area contributed by atoms with E-state index < -0.39 is 38.2 Å². The topological polar surface area (TPSA) is 89.8 Å². The third kappa shape index (κ3) is 3.91. The lowest BCUT2D eigenvalue weighted by molar-refractivity contribution is -0.387. The number of nitro groups is 1. The molecule has 2 aromatic carbocycles. The summed E-state index contributed by atoms with van der Waals surface area (Å²) >= 11 is 0. The summed E-state index contributed by atoms with van der Waals surface area (Å²) in [4.78, 5) is 12.1. The second kappa shape index (κ2) is 7.20. The Balaban J connectivity index is 1.99. The van der Waals surface area contributed by atoms with Crippen molar-refractivity contribution >= 4 is 21.2 Å². The highest BCUT2D eigenvalue weighted by Crippen LogP contribution is 2.37. The monoisotopic (exact) mass is 398 g/mol. The molecule has 10 heteroatoms. The number of anilines is 1. The van der Waals surface area contributed by atoms with Crippen molar-refractivity contribution in [1.82, 2.24) is 0 Å². The summed E-state index contributed by atoms with van der Waals surface area (Å²) in [5.74, 6) is -2.00. The Morgan fingerprint density at radius 3 is 2.59 bits per heavy atom. The fraction of sp³-hybridized carbons (Fsp3) is 0.294. The van der Waals surface area contributed by atoms with Gasteiger partial charge in [0.15, 0.2) is 21.5 Å². The van der Waals surface area contributed by atoms with E-state index in [0.717, 1.165) is 18.4 Å². The molecule has 0 aliphatic carbocycles. The molecule has 2 aromatic rings. The normalized spacial score (nSPS) is 17.7. The molecule has 1 unspecified atom stereocenters. The molecule has 3 rings (SSSR count). The Bertz CT molecular complexity index is 997. The molecule has 1 atom stereocenters. The molecule has 0 bridgehead atoms. The Kier molecular flexibility index (Phi) is 5.11. The summed E-state index contributed by atoms with van der Waals surface area (Å²) in [5, 5.41) is 11.6. The SMILES string of the molecule is CS(=O)(=O)c1cccc(N2CCOC(c3ccc(F)c(F)c3)C2)c1[N+](=O)[O-]. The molecule has 0 spiro atoms. The standard InChI is InChI=1S/C17H16F2N2O5S/c1-27(24,25)16-4-2-3-14(17(16)21(22)23)20-7-8-26-15(10-20)11-5-6-12(18)13(19)9-11/h2-6,9,15H,7-8,10H2,1H3. The number of rotatable bonds is 4. The summed E-state index contributed by atoms with van der Waals surface area (Å²) in [5.41, 5.74) is 0.0188. The number of para-hydroxylation sites is 1. The summed E-state index contributed by atoms with van der Waals surface area (Å²) in [6.45, 7) is 0.595. The minimum absolute atomic E-state index is 0.124. The molecular weight excluding hydrogens is 382 g/mol. The lowest BCUT2D eigenvalue weighted by atomic mass is 10.1. The second-order valence-electron chi connectivity index (χ2n) is 6.13. The molecule has 1 fully saturated rings. The predicted molar refractivity (Wildman–Crippen MR) is 93.5 cm³/mol. The van der Waals surface area contributed by atoms with E-state index in [-0.39, 0.29) is 30.3 Å². The van der Waals surface area contributed by atoms with Crippen LogP contribution in [0.3, 0.4) is 0 Å². The van der Waals surface area contributed by atoms with Gasteiger partial charge in [-0.05, 0) is 29.8 Å². The molecule has 0 saturated carbocycles. The van der Waals surface area contributed by atoms with Crippen LogP contribution < -0.4 is 4.90 Å². The molecule has 0 N–H and O–H groups in total. The van der Waals surface area contributed by atoms with Gasteiger partial charge in [-0.25, -0.2) is 17.2 Å². The Hall–Kier alpha value is -2.59. The van der Waals surface area contributed by atoms with Crippen LogP contribution in [0.4, 0.5) is 20.2 Å². The van der Waals surface area contributed by atoms with E-state index in [1.807, 2.05) is 0 Å². The number of hydrogen-bond acceptors (Lipinski definition) is 6. The maximum atomic E-state index is 13.5. The van der Waals surface area contributed by atoms with E-state index in [1.165, 1.54) is 24.3 Å². The summed E-state index contributed by atoms with van der Waals surface area (Å²) in [6.07, 6.45) is 0.262. The first-order valence-electron chi connectivity index (χ1n) is 7.97. The Morgan fingerprint density at radius 1 is 1.22 bits per heavy atom. The van der Waals surface area contributed by atoms with Crippen molar-refractivity contribution in [2.24, 2.45) is 0 Å². The number of ether oxygens (including phenoxy) is 1. The highest BCUT2D eigenvalue weighted by molar-refractivity contribution is 7.90. The van der Waals surface area contributed by atoms with E-state index in [2.05, 4.69) is 0 Å². The molecular formula is C17H16F2N2O5S. The van der Waals surface area contributed by atoms with Crippen LogP contribution in [0.25, 0.3) is 0 Å². The van der Waals surface area contributed by atoms with Gasteiger partial charge in [-0.15, -0.1) is 0 Å². The van der Waals surface area contributed by atoms with Gasteiger partial charge in [-0.1, -0.05) is 12.1 Å². The summed E-state index contributed by atoms with van der Waals surface area (Å²) in [7, 11) is -3.81. The van der Waals surface area contributed by atoms with Gasteiger partial charge in [0.1, 0.15) is 16.7 Å². The van der Waals surface area contributed by atoms with Crippen LogP contribution in [0.5, 0.6) is 0 Å². The minimum Gasteiger partial charge on any atom is -0.370 e. The number of benzene rings is 2. The van der Waals surface area contributed by atoms with E-state index in [1.54, 1.807) is 4.90 Å². The van der Waals surface area contributed by atoms with Gasteiger partial charge in [0.2, 0.25) is 0 Å². The first-order valence-corrected chi connectivity index (χ1v) is 9.86. The van der Waals surface area contributed by atoms with Gasteiger partial charge in [-0.3, -0.25) is 10.1 Å². The van der Waals surface area contributed by atoms with Crippen molar-refractivity contribution in [2.45, 2.75) is 11.0 Å². The van der Waals surface area contributed by atoms with Crippen molar-refractivity contribution in [1.29, 1.82) is 0 Å². The van der Waals surface area contributed by atoms with Crippen LogP contribution in [-0.2, 0) is 14.6 Å². The second-order valence-corrected chi connectivity index (χ2v) is 8.12. The third-order valence-electron chi connectivity index (χ3n) is 4.28. The van der Waals surface area contributed by atoms with Crippen LogP contribution >= 0.6 is 0 Å². The van der Waals surface area contributed by atoms with Gasteiger partial charge in [0.25, 0.3) is 0 Å². The fourth-order valence-electron chi connectivity index (χ4n) is 3.03. The van der Waals surface area contributed by atoms with Gasteiger partial charge in [0, 0.05) is 19.3 Å². The largest absolute Gasteiger partial charge is 0.370 e. The maximum absolute atomic E-state index is 13.5. The number of nitrogens with zero attached hydrogens (tertiary/aromatic N) is 2. The zero-order valence-corrected chi connectivity index (χ0v) is 15.1.